The van der Waals surface area contributed by atoms with Crippen molar-refractivity contribution < 1.29 is 9.53 Å². The van der Waals surface area contributed by atoms with Crippen molar-refractivity contribution in [2.24, 2.45) is 0 Å². The molecule has 108 valence electrons. The van der Waals surface area contributed by atoms with E-state index >= 15 is 0 Å². The lowest BCUT2D eigenvalue weighted by Crippen LogP contribution is -1.98. The van der Waals surface area contributed by atoms with E-state index < -0.39 is 0 Å². The van der Waals surface area contributed by atoms with Gasteiger partial charge in [-0.2, -0.15) is 0 Å². The molecular weight excluding hydrogens is 372 g/mol. The summed E-state index contributed by atoms with van der Waals surface area (Å²) < 4.78 is 5.92. The van der Waals surface area contributed by atoms with Crippen molar-refractivity contribution in [2.75, 3.05) is 0 Å². The molecular formula is C15H22Br2O2. The molecule has 4 heteroatoms. The van der Waals surface area contributed by atoms with Crippen molar-refractivity contribution in [3.63, 3.8) is 0 Å². The number of carbonyl (C=O) groups excluding carboxylic acids is 1. The van der Waals surface area contributed by atoms with Gasteiger partial charge in [-0.1, -0.05) is 67.8 Å². The second-order valence-corrected chi connectivity index (χ2v) is 6.13. The third-order valence-corrected chi connectivity index (χ3v) is 4.59. The summed E-state index contributed by atoms with van der Waals surface area (Å²) >= 11 is 6.61. The Labute approximate surface area is 132 Å². The quantitative estimate of drug-likeness (QED) is 0.356. The van der Waals surface area contributed by atoms with Crippen molar-refractivity contribution >= 4 is 37.8 Å². The van der Waals surface area contributed by atoms with Crippen LogP contribution in [-0.4, -0.2) is 5.97 Å². The maximum atomic E-state index is 11.6. The van der Waals surface area contributed by atoms with Gasteiger partial charge in [0.1, 0.15) is 0 Å². The lowest BCUT2D eigenvalue weighted by Gasteiger charge is -2.01. The molecule has 0 N–H and O–H groups in total. The highest BCUT2D eigenvalue weighted by atomic mass is 79.9. The molecule has 0 amide bonds. The SMILES string of the molecule is CCCCCCCCCCC1=C(Br)/C(=C/Br)OC1=O. The van der Waals surface area contributed by atoms with Gasteiger partial charge in [-0.15, -0.1) is 0 Å². The van der Waals surface area contributed by atoms with Gasteiger partial charge in [0.25, 0.3) is 0 Å². The molecule has 1 aliphatic heterocycles. The second-order valence-electron chi connectivity index (χ2n) is 4.88. The number of ether oxygens (including phenoxy) is 1. The highest BCUT2D eigenvalue weighted by Gasteiger charge is 2.27. The van der Waals surface area contributed by atoms with E-state index in [4.69, 9.17) is 4.74 Å². The Bertz CT molecular complexity index is 359. The Kier molecular flexibility index (Phi) is 8.71. The monoisotopic (exact) mass is 392 g/mol. The predicted octanol–water partition coefficient (Wildman–Crippen LogP) is 5.96. The molecule has 0 bridgehead atoms. The Balaban J connectivity index is 2.16. The van der Waals surface area contributed by atoms with E-state index in [-0.39, 0.29) is 5.97 Å². The molecule has 0 aliphatic carbocycles. The van der Waals surface area contributed by atoms with E-state index in [1.807, 2.05) is 0 Å². The zero-order chi connectivity index (χ0) is 14.1. The van der Waals surface area contributed by atoms with Crippen LogP contribution in [0, 0.1) is 0 Å². The topological polar surface area (TPSA) is 26.3 Å². The minimum absolute atomic E-state index is 0.208. The number of unbranched alkanes of at least 4 members (excludes halogenated alkanes) is 7. The van der Waals surface area contributed by atoms with Crippen molar-refractivity contribution in [3.8, 4) is 0 Å². The molecule has 0 unspecified atom stereocenters. The summed E-state index contributed by atoms with van der Waals surface area (Å²) in [7, 11) is 0. The number of esters is 1. The fourth-order valence-corrected chi connectivity index (χ4v) is 3.35. The Morgan fingerprint density at radius 1 is 1.05 bits per heavy atom. The van der Waals surface area contributed by atoms with Gasteiger partial charge in [-0.25, -0.2) is 4.79 Å². The summed E-state index contributed by atoms with van der Waals surface area (Å²) in [6.07, 6.45) is 11.0. The summed E-state index contributed by atoms with van der Waals surface area (Å²) in [5.74, 6) is 0.375. The van der Waals surface area contributed by atoms with Gasteiger partial charge in [0, 0.05) is 4.99 Å². The number of halogens is 2. The van der Waals surface area contributed by atoms with E-state index in [1.165, 1.54) is 44.9 Å². The van der Waals surface area contributed by atoms with Gasteiger partial charge in [0.15, 0.2) is 5.76 Å². The van der Waals surface area contributed by atoms with E-state index in [0.717, 1.165) is 22.9 Å². The lowest BCUT2D eigenvalue weighted by atomic mass is 10.0. The van der Waals surface area contributed by atoms with E-state index in [0.29, 0.717) is 5.76 Å². The van der Waals surface area contributed by atoms with Crippen LogP contribution in [0.1, 0.15) is 64.7 Å². The minimum atomic E-state index is -0.208. The Morgan fingerprint density at radius 2 is 1.63 bits per heavy atom. The molecule has 0 aromatic heterocycles. The maximum Gasteiger partial charge on any atom is 0.340 e. The standard InChI is InChI=1S/C15H22Br2O2/c1-2-3-4-5-6-7-8-9-10-12-14(17)13(11-16)19-15(12)18/h11H,2-10H2,1H3/b13-11-. The summed E-state index contributed by atoms with van der Waals surface area (Å²) in [5, 5.41) is 0. The largest absolute Gasteiger partial charge is 0.421 e. The van der Waals surface area contributed by atoms with Gasteiger partial charge in [0.05, 0.1) is 10.1 Å². The molecule has 0 fully saturated rings. The summed E-state index contributed by atoms with van der Waals surface area (Å²) in [4.78, 5) is 13.3. The van der Waals surface area contributed by atoms with E-state index in [2.05, 4.69) is 38.8 Å². The number of carbonyl (C=O) groups is 1. The first-order valence-electron chi connectivity index (χ1n) is 7.12. The second kappa shape index (κ2) is 9.76. The fraction of sp³-hybridized carbons (Fsp3) is 0.667. The van der Waals surface area contributed by atoms with E-state index in [9.17, 15) is 4.79 Å². The van der Waals surface area contributed by atoms with Gasteiger partial charge >= 0.3 is 5.97 Å². The molecule has 1 rings (SSSR count). The minimum Gasteiger partial charge on any atom is -0.421 e. The predicted molar refractivity (Wildman–Crippen MR) is 86.3 cm³/mol. The number of cyclic esters (lactones) is 1. The molecule has 19 heavy (non-hydrogen) atoms. The van der Waals surface area contributed by atoms with Gasteiger partial charge in [-0.05, 0) is 28.8 Å². The third-order valence-electron chi connectivity index (χ3n) is 3.31. The Morgan fingerprint density at radius 3 is 2.16 bits per heavy atom. The number of allylic oxidation sites excluding steroid dienone is 1. The Hall–Kier alpha value is -0.0900. The van der Waals surface area contributed by atoms with Crippen LogP contribution in [0.3, 0.4) is 0 Å². The van der Waals surface area contributed by atoms with Gasteiger partial charge in [0.2, 0.25) is 0 Å². The molecule has 1 aliphatic rings. The van der Waals surface area contributed by atoms with Crippen molar-refractivity contribution in [3.05, 3.63) is 20.8 Å². The van der Waals surface area contributed by atoms with Crippen molar-refractivity contribution in [2.45, 2.75) is 64.7 Å². The van der Waals surface area contributed by atoms with Gasteiger partial charge < -0.3 is 4.74 Å². The molecule has 0 aromatic carbocycles. The molecule has 0 atom stereocenters. The van der Waals surface area contributed by atoms with Crippen molar-refractivity contribution in [1.29, 1.82) is 0 Å². The normalized spacial score (nSPS) is 17.4. The van der Waals surface area contributed by atoms with Crippen LogP contribution >= 0.6 is 31.9 Å². The first-order chi connectivity index (χ1) is 9.20. The van der Waals surface area contributed by atoms with Gasteiger partial charge in [-0.3, -0.25) is 0 Å². The molecule has 0 saturated carbocycles. The van der Waals surface area contributed by atoms with Crippen LogP contribution in [0.4, 0.5) is 0 Å². The van der Waals surface area contributed by atoms with Crippen LogP contribution in [0.5, 0.6) is 0 Å². The summed E-state index contributed by atoms with van der Waals surface area (Å²) in [6.45, 7) is 2.24. The van der Waals surface area contributed by atoms with Crippen LogP contribution < -0.4 is 0 Å². The highest BCUT2D eigenvalue weighted by Crippen LogP contribution is 2.34. The number of rotatable bonds is 9. The molecule has 0 radical (unpaired) electrons. The molecule has 2 nitrogen and oxygen atoms in total. The van der Waals surface area contributed by atoms with Crippen LogP contribution in [0.25, 0.3) is 0 Å². The van der Waals surface area contributed by atoms with Crippen LogP contribution in [0.2, 0.25) is 0 Å². The molecule has 1 heterocycles. The average molecular weight is 394 g/mol. The lowest BCUT2D eigenvalue weighted by molar-refractivity contribution is -0.133. The zero-order valence-corrected chi connectivity index (χ0v) is 14.7. The summed E-state index contributed by atoms with van der Waals surface area (Å²) in [6, 6.07) is 0. The first kappa shape index (κ1) is 17.0. The van der Waals surface area contributed by atoms with Crippen LogP contribution in [0.15, 0.2) is 20.8 Å². The summed E-state index contributed by atoms with van der Waals surface area (Å²) in [5.41, 5.74) is 0.775. The molecule has 0 saturated heterocycles. The van der Waals surface area contributed by atoms with Crippen LogP contribution in [-0.2, 0) is 9.53 Å². The number of hydrogen-bond donors (Lipinski definition) is 0. The van der Waals surface area contributed by atoms with Crippen molar-refractivity contribution in [1.82, 2.24) is 0 Å². The molecule has 0 spiro atoms. The third kappa shape index (κ3) is 5.82. The molecule has 0 aromatic rings. The number of hydrogen-bond acceptors (Lipinski definition) is 2. The average Bonchev–Trinajstić information content (AvgIpc) is 2.68. The zero-order valence-electron chi connectivity index (χ0n) is 11.5. The maximum absolute atomic E-state index is 11.6. The highest BCUT2D eigenvalue weighted by molar-refractivity contribution is 9.12. The van der Waals surface area contributed by atoms with E-state index in [1.54, 1.807) is 4.99 Å². The first-order valence-corrected chi connectivity index (χ1v) is 8.83. The smallest absolute Gasteiger partial charge is 0.340 e. The fourth-order valence-electron chi connectivity index (χ4n) is 2.16.